The zero-order valence-electron chi connectivity index (χ0n) is 15.6. The standard InChI is InChI=1S/C17H21N3O3.C2H6/c1-10(2)18-13-6-4-5-11-12(13)9-20(16(11)22)14-7-8-15(21)19(3)17(14)23;1-2/h4-6,10,14,18H,7-9H2,1-3H3;1-2H3. The van der Waals surface area contributed by atoms with Crippen molar-refractivity contribution in [2.24, 2.45) is 0 Å². The molecule has 3 rings (SSSR count). The van der Waals surface area contributed by atoms with Gasteiger partial charge in [0.15, 0.2) is 0 Å². The summed E-state index contributed by atoms with van der Waals surface area (Å²) in [6.07, 6.45) is 0.693. The van der Waals surface area contributed by atoms with Gasteiger partial charge in [-0.05, 0) is 32.4 Å². The van der Waals surface area contributed by atoms with Crippen LogP contribution >= 0.6 is 0 Å². The van der Waals surface area contributed by atoms with E-state index in [4.69, 9.17) is 0 Å². The molecule has 2 heterocycles. The van der Waals surface area contributed by atoms with Gasteiger partial charge >= 0.3 is 0 Å². The summed E-state index contributed by atoms with van der Waals surface area (Å²) in [5.74, 6) is -0.605. The normalized spacial score (nSPS) is 19.8. The van der Waals surface area contributed by atoms with Gasteiger partial charge in [0.05, 0.1) is 0 Å². The molecule has 6 nitrogen and oxygen atoms in total. The van der Waals surface area contributed by atoms with Crippen molar-refractivity contribution in [1.82, 2.24) is 9.80 Å². The van der Waals surface area contributed by atoms with Gasteiger partial charge in [-0.2, -0.15) is 0 Å². The van der Waals surface area contributed by atoms with E-state index >= 15 is 0 Å². The number of likely N-dealkylation sites (N-methyl/N-ethyl adjacent to an activating group) is 1. The third kappa shape index (κ3) is 3.52. The van der Waals surface area contributed by atoms with Gasteiger partial charge in [0.2, 0.25) is 5.91 Å². The van der Waals surface area contributed by atoms with Crippen molar-refractivity contribution >= 4 is 23.4 Å². The molecule has 136 valence electrons. The molecule has 1 N–H and O–H groups in total. The number of carbonyl (C=O) groups is 3. The number of benzene rings is 1. The average Bonchev–Trinajstić information content (AvgIpc) is 2.92. The van der Waals surface area contributed by atoms with Crippen LogP contribution in [0.3, 0.4) is 0 Å². The van der Waals surface area contributed by atoms with Crippen molar-refractivity contribution in [2.75, 3.05) is 12.4 Å². The monoisotopic (exact) mass is 345 g/mol. The maximum absolute atomic E-state index is 12.7. The van der Waals surface area contributed by atoms with E-state index in [0.29, 0.717) is 24.9 Å². The molecule has 0 aliphatic carbocycles. The Bertz CT molecular complexity index is 684. The summed E-state index contributed by atoms with van der Waals surface area (Å²) in [5, 5.41) is 3.35. The minimum atomic E-state index is -0.551. The lowest BCUT2D eigenvalue weighted by Crippen LogP contribution is -2.53. The highest BCUT2D eigenvalue weighted by atomic mass is 16.2. The Labute approximate surface area is 149 Å². The van der Waals surface area contributed by atoms with E-state index in [0.717, 1.165) is 16.2 Å². The lowest BCUT2D eigenvalue weighted by Gasteiger charge is -2.33. The van der Waals surface area contributed by atoms with Crippen LogP contribution in [0, 0.1) is 0 Å². The summed E-state index contributed by atoms with van der Waals surface area (Å²) in [5.41, 5.74) is 2.50. The number of nitrogens with zero attached hydrogens (tertiary/aromatic N) is 2. The van der Waals surface area contributed by atoms with Gasteiger partial charge in [-0.3, -0.25) is 19.3 Å². The van der Waals surface area contributed by atoms with Crippen molar-refractivity contribution < 1.29 is 14.4 Å². The quantitative estimate of drug-likeness (QED) is 0.855. The fourth-order valence-corrected chi connectivity index (χ4v) is 3.24. The second-order valence-corrected chi connectivity index (χ2v) is 6.41. The summed E-state index contributed by atoms with van der Waals surface area (Å²) < 4.78 is 0. The summed E-state index contributed by atoms with van der Waals surface area (Å²) in [7, 11) is 1.48. The molecule has 1 saturated heterocycles. The number of piperidine rings is 1. The first kappa shape index (κ1) is 19.0. The summed E-state index contributed by atoms with van der Waals surface area (Å²) in [6.45, 7) is 8.49. The lowest BCUT2D eigenvalue weighted by atomic mass is 10.0. The molecule has 1 aromatic carbocycles. The number of anilines is 1. The fraction of sp³-hybridized carbons (Fsp3) is 0.526. The number of carbonyl (C=O) groups excluding carboxylic acids is 3. The van der Waals surface area contributed by atoms with Crippen molar-refractivity contribution in [3.05, 3.63) is 29.3 Å². The smallest absolute Gasteiger partial charge is 0.255 e. The van der Waals surface area contributed by atoms with Crippen LogP contribution in [0.15, 0.2) is 18.2 Å². The topological polar surface area (TPSA) is 69.7 Å². The zero-order chi connectivity index (χ0) is 18.7. The number of hydrogen-bond donors (Lipinski definition) is 1. The summed E-state index contributed by atoms with van der Waals surface area (Å²) in [6, 6.07) is 5.30. The highest BCUT2D eigenvalue weighted by Crippen LogP contribution is 2.33. The van der Waals surface area contributed by atoms with E-state index in [-0.39, 0.29) is 23.8 Å². The van der Waals surface area contributed by atoms with E-state index in [1.165, 1.54) is 7.05 Å². The number of hydrogen-bond acceptors (Lipinski definition) is 4. The Kier molecular flexibility index (Phi) is 5.82. The molecule has 1 aromatic rings. The van der Waals surface area contributed by atoms with E-state index in [9.17, 15) is 14.4 Å². The van der Waals surface area contributed by atoms with Gasteiger partial charge in [-0.1, -0.05) is 19.9 Å². The number of rotatable bonds is 3. The minimum Gasteiger partial charge on any atom is -0.383 e. The van der Waals surface area contributed by atoms with Gasteiger partial charge < -0.3 is 10.2 Å². The molecule has 0 bridgehead atoms. The maximum atomic E-state index is 12.7. The van der Waals surface area contributed by atoms with Crippen molar-refractivity contribution in [1.29, 1.82) is 0 Å². The third-order valence-corrected chi connectivity index (χ3v) is 4.44. The first-order valence-electron chi connectivity index (χ1n) is 8.90. The molecule has 0 saturated carbocycles. The molecule has 0 aromatic heterocycles. The van der Waals surface area contributed by atoms with E-state index in [1.54, 1.807) is 11.0 Å². The predicted molar refractivity (Wildman–Crippen MR) is 97.2 cm³/mol. The van der Waals surface area contributed by atoms with Crippen LogP contribution in [0.2, 0.25) is 0 Å². The summed E-state index contributed by atoms with van der Waals surface area (Å²) >= 11 is 0. The first-order chi connectivity index (χ1) is 11.9. The summed E-state index contributed by atoms with van der Waals surface area (Å²) in [4.78, 5) is 39.5. The van der Waals surface area contributed by atoms with Crippen LogP contribution < -0.4 is 5.32 Å². The lowest BCUT2D eigenvalue weighted by molar-refractivity contribution is -0.150. The SMILES string of the molecule is CC.CC(C)Nc1cccc2c1CN(C1CCC(=O)N(C)C1=O)C2=O. The number of likely N-dealkylation sites (tertiary alicyclic amines) is 1. The highest BCUT2D eigenvalue weighted by Gasteiger charge is 2.41. The molecule has 0 spiro atoms. The largest absolute Gasteiger partial charge is 0.383 e. The van der Waals surface area contributed by atoms with E-state index < -0.39 is 6.04 Å². The molecule has 1 fully saturated rings. The van der Waals surface area contributed by atoms with Crippen LogP contribution in [0.1, 0.15) is 56.5 Å². The van der Waals surface area contributed by atoms with Crippen LogP contribution in [-0.2, 0) is 16.1 Å². The van der Waals surface area contributed by atoms with Gasteiger partial charge in [0, 0.05) is 42.9 Å². The van der Waals surface area contributed by atoms with Crippen LogP contribution in [0.25, 0.3) is 0 Å². The maximum Gasteiger partial charge on any atom is 0.255 e. The molecule has 25 heavy (non-hydrogen) atoms. The Morgan fingerprint density at radius 2 is 1.84 bits per heavy atom. The Hall–Kier alpha value is -2.37. The number of fused-ring (bicyclic) bond motifs is 1. The van der Waals surface area contributed by atoms with Crippen LogP contribution in [0.4, 0.5) is 5.69 Å². The predicted octanol–water partition coefficient (Wildman–Crippen LogP) is 2.64. The molecule has 0 radical (unpaired) electrons. The first-order valence-corrected chi connectivity index (χ1v) is 8.90. The number of imide groups is 1. The molecule has 2 aliphatic rings. The Balaban J connectivity index is 0.00000109. The number of amides is 3. The molecule has 3 amide bonds. The van der Waals surface area contributed by atoms with Crippen LogP contribution in [0.5, 0.6) is 0 Å². The minimum absolute atomic E-state index is 0.131. The number of nitrogens with one attached hydrogen (secondary N) is 1. The zero-order valence-corrected chi connectivity index (χ0v) is 15.6. The second kappa shape index (κ2) is 7.68. The fourth-order valence-electron chi connectivity index (χ4n) is 3.24. The molecular formula is C19H27N3O3. The van der Waals surface area contributed by atoms with Crippen molar-refractivity contribution in [3.63, 3.8) is 0 Å². The van der Waals surface area contributed by atoms with Crippen molar-refractivity contribution in [2.45, 2.75) is 59.2 Å². The second-order valence-electron chi connectivity index (χ2n) is 6.41. The van der Waals surface area contributed by atoms with Gasteiger partial charge in [-0.25, -0.2) is 0 Å². The molecule has 6 heteroatoms. The highest BCUT2D eigenvalue weighted by molar-refractivity contribution is 6.06. The average molecular weight is 345 g/mol. The van der Waals surface area contributed by atoms with E-state index in [1.807, 2.05) is 39.8 Å². The van der Waals surface area contributed by atoms with E-state index in [2.05, 4.69) is 5.32 Å². The Morgan fingerprint density at radius 3 is 2.48 bits per heavy atom. The van der Waals surface area contributed by atoms with Gasteiger partial charge in [0.1, 0.15) is 6.04 Å². The van der Waals surface area contributed by atoms with Crippen LogP contribution in [-0.4, -0.2) is 46.7 Å². The molecule has 1 atom stereocenters. The molecular weight excluding hydrogens is 318 g/mol. The molecule has 1 unspecified atom stereocenters. The Morgan fingerprint density at radius 1 is 1.16 bits per heavy atom. The van der Waals surface area contributed by atoms with Gasteiger partial charge in [-0.15, -0.1) is 0 Å². The van der Waals surface area contributed by atoms with Crippen molar-refractivity contribution in [3.8, 4) is 0 Å². The van der Waals surface area contributed by atoms with Gasteiger partial charge in [0.25, 0.3) is 11.8 Å². The third-order valence-electron chi connectivity index (χ3n) is 4.44. The molecule has 2 aliphatic heterocycles.